The molecule has 0 aromatic carbocycles. The number of carbonyl (C=O) groups excluding carboxylic acids is 3. The molecule has 0 bridgehead atoms. The van der Waals surface area contributed by atoms with Gasteiger partial charge in [-0.15, -0.1) is 0 Å². The summed E-state index contributed by atoms with van der Waals surface area (Å²) in [5, 5.41) is 0. The van der Waals surface area contributed by atoms with Gasteiger partial charge < -0.3 is 5.73 Å². The van der Waals surface area contributed by atoms with Crippen LogP contribution in [0.2, 0.25) is 0 Å². The average Bonchev–Trinajstić information content (AvgIpc) is 2.46. The number of carbonyl (C=O) groups is 3. The van der Waals surface area contributed by atoms with Crippen LogP contribution in [0, 0.1) is 0 Å². The fourth-order valence-corrected chi connectivity index (χ4v) is 1.72. The highest BCUT2D eigenvalue weighted by Gasteiger charge is 2.27. The molecule has 0 spiro atoms. The topological polar surface area (TPSA) is 94.0 Å². The van der Waals surface area contributed by atoms with Crippen molar-refractivity contribution in [3.05, 3.63) is 60.2 Å². The summed E-state index contributed by atoms with van der Waals surface area (Å²) < 4.78 is 1.34. The predicted molar refractivity (Wildman–Crippen MR) is 68.7 cm³/mol. The summed E-state index contributed by atoms with van der Waals surface area (Å²) in [6.45, 7) is -0.169. The quantitative estimate of drug-likeness (QED) is 0.467. The van der Waals surface area contributed by atoms with Gasteiger partial charge in [0.05, 0.1) is 0 Å². The Balaban J connectivity index is 2.34. The molecule has 0 fully saturated rings. The second-order valence-corrected chi connectivity index (χ2v) is 4.05. The molecular formula is C14H12N3O3+. The Morgan fingerprint density at radius 1 is 1.05 bits per heavy atom. The molecule has 6 nitrogen and oxygen atoms in total. The number of pyridine rings is 2. The minimum atomic E-state index is -0.731. The van der Waals surface area contributed by atoms with Gasteiger partial charge in [0.1, 0.15) is 5.69 Å². The van der Waals surface area contributed by atoms with E-state index >= 15 is 0 Å². The molecule has 2 rings (SSSR count). The van der Waals surface area contributed by atoms with Gasteiger partial charge in [0.15, 0.2) is 6.20 Å². The van der Waals surface area contributed by atoms with Crippen LogP contribution in [0.15, 0.2) is 48.8 Å². The zero-order valence-electron chi connectivity index (χ0n) is 10.5. The average molecular weight is 270 g/mol. The summed E-state index contributed by atoms with van der Waals surface area (Å²) in [6, 6.07) is 9.45. The molecule has 20 heavy (non-hydrogen) atoms. The van der Waals surface area contributed by atoms with E-state index in [0.717, 1.165) is 0 Å². The van der Waals surface area contributed by atoms with Crippen LogP contribution in [0.5, 0.6) is 0 Å². The van der Waals surface area contributed by atoms with Crippen molar-refractivity contribution in [2.75, 3.05) is 0 Å². The first-order chi connectivity index (χ1) is 9.59. The summed E-state index contributed by atoms with van der Waals surface area (Å²) >= 11 is 0. The van der Waals surface area contributed by atoms with Crippen LogP contribution in [-0.4, -0.2) is 22.5 Å². The minimum absolute atomic E-state index is 0.0620. The van der Waals surface area contributed by atoms with E-state index in [4.69, 9.17) is 5.73 Å². The van der Waals surface area contributed by atoms with Gasteiger partial charge in [0.25, 0.3) is 23.2 Å². The monoisotopic (exact) mass is 270 g/mol. The van der Waals surface area contributed by atoms with Crippen LogP contribution in [0.25, 0.3) is 0 Å². The van der Waals surface area contributed by atoms with Gasteiger partial charge in [0.2, 0.25) is 6.54 Å². The van der Waals surface area contributed by atoms with Crippen molar-refractivity contribution >= 4 is 17.5 Å². The van der Waals surface area contributed by atoms with Gasteiger partial charge in [-0.25, -0.2) is 0 Å². The van der Waals surface area contributed by atoms with Gasteiger partial charge in [-0.3, -0.25) is 19.4 Å². The largest absolute Gasteiger partial charge is 0.364 e. The number of nitrogens with two attached hydrogens (primary N) is 1. The van der Waals surface area contributed by atoms with Gasteiger partial charge in [0, 0.05) is 18.3 Å². The summed E-state index contributed by atoms with van der Waals surface area (Å²) in [5.41, 5.74) is 5.27. The number of nitrogens with zero attached hydrogens (tertiary/aromatic N) is 2. The first-order valence-corrected chi connectivity index (χ1v) is 5.86. The first kappa shape index (κ1) is 13.5. The molecule has 2 N–H and O–H groups in total. The Labute approximate surface area is 114 Å². The number of rotatable bonds is 5. The molecule has 2 aromatic heterocycles. The lowest BCUT2D eigenvalue weighted by molar-refractivity contribution is -0.685. The Morgan fingerprint density at radius 2 is 1.80 bits per heavy atom. The number of primary amides is 1. The molecule has 2 aromatic rings. The highest BCUT2D eigenvalue weighted by molar-refractivity contribution is 6.48. The Kier molecular flexibility index (Phi) is 3.95. The third-order valence-corrected chi connectivity index (χ3v) is 2.60. The Morgan fingerprint density at radius 3 is 2.45 bits per heavy atom. The molecule has 0 aliphatic heterocycles. The lowest BCUT2D eigenvalue weighted by atomic mass is 10.1. The normalized spacial score (nSPS) is 10.0. The first-order valence-electron chi connectivity index (χ1n) is 5.86. The molecule has 0 aliphatic carbocycles. The standard InChI is InChI=1S/C14H11N3O3/c15-12(18)9-17-8-4-2-6-11(17)14(20)13(19)10-5-1-3-7-16-10/h1-8H,9H2,(H-,15,18)/p+1. The number of hydrogen-bond donors (Lipinski definition) is 1. The lowest BCUT2D eigenvalue weighted by Gasteiger charge is -2.01. The van der Waals surface area contributed by atoms with Crippen molar-refractivity contribution in [3.63, 3.8) is 0 Å². The van der Waals surface area contributed by atoms with Crippen LogP contribution < -0.4 is 10.3 Å². The molecule has 0 aliphatic rings. The van der Waals surface area contributed by atoms with Gasteiger partial charge in [-0.2, -0.15) is 4.57 Å². The number of hydrogen-bond acceptors (Lipinski definition) is 4. The van der Waals surface area contributed by atoms with E-state index in [2.05, 4.69) is 4.98 Å². The van der Waals surface area contributed by atoms with Crippen molar-refractivity contribution < 1.29 is 19.0 Å². The maximum absolute atomic E-state index is 12.2. The maximum atomic E-state index is 12.2. The van der Waals surface area contributed by atoms with E-state index in [1.165, 1.54) is 29.1 Å². The van der Waals surface area contributed by atoms with Gasteiger partial charge in [-0.05, 0) is 18.2 Å². The molecule has 1 amide bonds. The number of Topliss-reactive ketones (excluding diaryl/α,β-unsaturated/α-hetero) is 2. The zero-order valence-corrected chi connectivity index (χ0v) is 10.5. The lowest BCUT2D eigenvalue weighted by Crippen LogP contribution is -2.46. The molecule has 100 valence electrons. The van der Waals surface area contributed by atoms with Crippen LogP contribution in [0.4, 0.5) is 0 Å². The van der Waals surface area contributed by atoms with E-state index in [0.29, 0.717) is 0 Å². The summed E-state index contributed by atoms with van der Waals surface area (Å²) in [4.78, 5) is 39.0. The van der Waals surface area contributed by atoms with Crippen molar-refractivity contribution in [3.8, 4) is 0 Å². The van der Waals surface area contributed by atoms with Crippen molar-refractivity contribution in [2.45, 2.75) is 6.54 Å². The molecule has 0 saturated carbocycles. The maximum Gasteiger partial charge on any atom is 0.298 e. The van der Waals surface area contributed by atoms with Crippen LogP contribution >= 0.6 is 0 Å². The summed E-state index contributed by atoms with van der Waals surface area (Å²) in [5.74, 6) is -2.05. The number of aromatic nitrogens is 2. The van der Waals surface area contributed by atoms with Crippen molar-refractivity contribution in [2.24, 2.45) is 5.73 Å². The summed E-state index contributed by atoms with van der Waals surface area (Å²) in [6.07, 6.45) is 2.95. The Hall–Kier alpha value is -2.89. The third-order valence-electron chi connectivity index (χ3n) is 2.60. The van der Waals surface area contributed by atoms with E-state index in [-0.39, 0.29) is 17.9 Å². The van der Waals surface area contributed by atoms with Crippen LogP contribution in [0.3, 0.4) is 0 Å². The highest BCUT2D eigenvalue weighted by Crippen LogP contribution is 2.02. The molecule has 0 atom stereocenters. The third kappa shape index (κ3) is 2.92. The molecule has 6 heteroatoms. The van der Waals surface area contributed by atoms with Gasteiger partial charge >= 0.3 is 0 Å². The SMILES string of the molecule is NC(=O)C[n+]1ccccc1C(=O)C(=O)c1ccccn1. The molecule has 2 heterocycles. The number of amides is 1. The van der Waals surface area contributed by atoms with Crippen molar-refractivity contribution in [1.82, 2.24) is 4.98 Å². The molecule has 0 unspecified atom stereocenters. The highest BCUT2D eigenvalue weighted by atomic mass is 16.2. The minimum Gasteiger partial charge on any atom is -0.364 e. The summed E-state index contributed by atoms with van der Waals surface area (Å²) in [7, 11) is 0. The fourth-order valence-electron chi connectivity index (χ4n) is 1.72. The second kappa shape index (κ2) is 5.83. The second-order valence-electron chi connectivity index (χ2n) is 4.05. The molecule has 0 radical (unpaired) electrons. The van der Waals surface area contributed by atoms with E-state index in [9.17, 15) is 14.4 Å². The molecule has 0 saturated heterocycles. The van der Waals surface area contributed by atoms with E-state index in [1.807, 2.05) is 0 Å². The Bertz CT molecular complexity index is 668. The van der Waals surface area contributed by atoms with Crippen LogP contribution in [0.1, 0.15) is 21.0 Å². The number of ketones is 2. The predicted octanol–water partition coefficient (Wildman–Crippen LogP) is -0.0800. The van der Waals surface area contributed by atoms with Crippen LogP contribution in [-0.2, 0) is 11.3 Å². The molecular weight excluding hydrogens is 258 g/mol. The van der Waals surface area contributed by atoms with E-state index in [1.54, 1.807) is 24.3 Å². The van der Waals surface area contributed by atoms with E-state index < -0.39 is 17.5 Å². The van der Waals surface area contributed by atoms with Gasteiger partial charge in [-0.1, -0.05) is 6.07 Å². The van der Waals surface area contributed by atoms with Crippen molar-refractivity contribution in [1.29, 1.82) is 0 Å². The zero-order chi connectivity index (χ0) is 14.5. The smallest absolute Gasteiger partial charge is 0.298 e. The fraction of sp³-hybridized carbons (Fsp3) is 0.0714.